The maximum absolute atomic E-state index is 11.3. The second kappa shape index (κ2) is 4.13. The standard InChI is InChI=1S/C10H8BrNO4/c11-7-3-6(9(13)14)4-8(5-7)12-1-2-16-10(12)15/h3-5H,1-2H2,(H,13,14). The molecule has 0 saturated carbocycles. The lowest BCUT2D eigenvalue weighted by Gasteiger charge is -2.13. The number of carboxylic acids is 1. The zero-order valence-corrected chi connectivity index (χ0v) is 9.73. The number of aromatic carboxylic acids is 1. The normalized spacial score (nSPS) is 15.1. The van der Waals surface area contributed by atoms with Gasteiger partial charge in [0.15, 0.2) is 0 Å². The van der Waals surface area contributed by atoms with Crippen LogP contribution in [0.2, 0.25) is 0 Å². The van der Waals surface area contributed by atoms with Crippen molar-refractivity contribution in [3.8, 4) is 0 Å². The Morgan fingerprint density at radius 2 is 2.19 bits per heavy atom. The predicted octanol–water partition coefficient (Wildman–Crippen LogP) is 2.10. The number of carboxylic acid groups (broad SMARTS) is 1. The second-order valence-electron chi connectivity index (χ2n) is 3.27. The van der Waals surface area contributed by atoms with Gasteiger partial charge in [-0.05, 0) is 18.2 Å². The Morgan fingerprint density at radius 1 is 1.44 bits per heavy atom. The molecule has 1 aliphatic heterocycles. The third-order valence-corrected chi connectivity index (χ3v) is 2.66. The zero-order chi connectivity index (χ0) is 11.7. The first-order chi connectivity index (χ1) is 7.58. The summed E-state index contributed by atoms with van der Waals surface area (Å²) in [6.07, 6.45) is -0.450. The molecule has 1 heterocycles. The van der Waals surface area contributed by atoms with Gasteiger partial charge in [-0.3, -0.25) is 4.90 Å². The predicted molar refractivity (Wildman–Crippen MR) is 59.8 cm³/mol. The van der Waals surface area contributed by atoms with E-state index >= 15 is 0 Å². The molecule has 0 atom stereocenters. The van der Waals surface area contributed by atoms with Gasteiger partial charge < -0.3 is 9.84 Å². The van der Waals surface area contributed by atoms with Crippen molar-refractivity contribution in [2.75, 3.05) is 18.1 Å². The minimum atomic E-state index is -1.03. The van der Waals surface area contributed by atoms with Crippen molar-refractivity contribution in [3.63, 3.8) is 0 Å². The topological polar surface area (TPSA) is 66.8 Å². The quantitative estimate of drug-likeness (QED) is 0.904. The molecule has 0 bridgehead atoms. The van der Waals surface area contributed by atoms with E-state index in [-0.39, 0.29) is 5.56 Å². The Kier molecular flexibility index (Phi) is 2.82. The smallest absolute Gasteiger partial charge is 0.414 e. The van der Waals surface area contributed by atoms with Crippen molar-refractivity contribution < 1.29 is 19.4 Å². The highest BCUT2D eigenvalue weighted by Crippen LogP contribution is 2.25. The number of anilines is 1. The van der Waals surface area contributed by atoms with E-state index in [0.29, 0.717) is 23.3 Å². The molecule has 1 amide bonds. The van der Waals surface area contributed by atoms with Gasteiger partial charge in [0.1, 0.15) is 6.61 Å². The minimum absolute atomic E-state index is 0.129. The summed E-state index contributed by atoms with van der Waals surface area (Å²) in [4.78, 5) is 23.6. The molecule has 1 fully saturated rings. The molecule has 0 aliphatic carbocycles. The van der Waals surface area contributed by atoms with Gasteiger partial charge in [0, 0.05) is 10.2 Å². The molecule has 1 N–H and O–H groups in total. The Labute approximate surface area is 99.7 Å². The largest absolute Gasteiger partial charge is 0.478 e. The van der Waals surface area contributed by atoms with Crippen molar-refractivity contribution >= 4 is 33.7 Å². The number of nitrogens with zero attached hydrogens (tertiary/aromatic N) is 1. The van der Waals surface area contributed by atoms with Crippen LogP contribution in [0.4, 0.5) is 10.5 Å². The highest BCUT2D eigenvalue weighted by molar-refractivity contribution is 9.10. The van der Waals surface area contributed by atoms with Crippen molar-refractivity contribution in [2.45, 2.75) is 0 Å². The van der Waals surface area contributed by atoms with E-state index in [0.717, 1.165) is 0 Å². The first-order valence-electron chi connectivity index (χ1n) is 4.56. The fourth-order valence-corrected chi connectivity index (χ4v) is 1.96. The number of cyclic esters (lactones) is 1. The minimum Gasteiger partial charge on any atom is -0.478 e. The molecule has 1 aromatic carbocycles. The summed E-state index contributed by atoms with van der Waals surface area (Å²) in [7, 11) is 0. The number of carbonyl (C=O) groups is 2. The average Bonchev–Trinajstić information content (AvgIpc) is 2.63. The number of halogens is 1. The molecule has 2 rings (SSSR count). The fourth-order valence-electron chi connectivity index (χ4n) is 1.48. The third-order valence-electron chi connectivity index (χ3n) is 2.20. The molecule has 1 saturated heterocycles. The molecule has 0 unspecified atom stereocenters. The Morgan fingerprint density at radius 3 is 2.75 bits per heavy atom. The Hall–Kier alpha value is -1.56. The highest BCUT2D eigenvalue weighted by Gasteiger charge is 2.24. The van der Waals surface area contributed by atoms with Crippen LogP contribution in [0.15, 0.2) is 22.7 Å². The first-order valence-corrected chi connectivity index (χ1v) is 5.35. The lowest BCUT2D eigenvalue weighted by molar-refractivity contribution is 0.0696. The third kappa shape index (κ3) is 2.01. The van der Waals surface area contributed by atoms with Gasteiger partial charge in [-0.25, -0.2) is 9.59 Å². The highest BCUT2D eigenvalue weighted by atomic mass is 79.9. The van der Waals surface area contributed by atoms with Gasteiger partial charge >= 0.3 is 12.1 Å². The van der Waals surface area contributed by atoms with E-state index in [2.05, 4.69) is 15.9 Å². The van der Waals surface area contributed by atoms with Gasteiger partial charge in [-0.1, -0.05) is 15.9 Å². The summed E-state index contributed by atoms with van der Waals surface area (Å²) in [6.45, 7) is 0.766. The second-order valence-corrected chi connectivity index (χ2v) is 4.18. The monoisotopic (exact) mass is 285 g/mol. The van der Waals surface area contributed by atoms with Crippen molar-refractivity contribution in [2.24, 2.45) is 0 Å². The summed E-state index contributed by atoms with van der Waals surface area (Å²) in [5.74, 6) is -1.03. The maximum atomic E-state index is 11.3. The lowest BCUT2D eigenvalue weighted by atomic mass is 10.2. The molecule has 0 radical (unpaired) electrons. The fraction of sp³-hybridized carbons (Fsp3) is 0.200. The summed E-state index contributed by atoms with van der Waals surface area (Å²) >= 11 is 3.21. The number of rotatable bonds is 2. The van der Waals surface area contributed by atoms with Crippen LogP contribution in [0.25, 0.3) is 0 Å². The number of carbonyl (C=O) groups excluding carboxylic acids is 1. The lowest BCUT2D eigenvalue weighted by Crippen LogP contribution is -2.23. The van der Waals surface area contributed by atoms with Gasteiger partial charge in [0.05, 0.1) is 12.1 Å². The van der Waals surface area contributed by atoms with E-state index < -0.39 is 12.1 Å². The molecule has 5 nitrogen and oxygen atoms in total. The van der Waals surface area contributed by atoms with Crippen LogP contribution in [0.5, 0.6) is 0 Å². The molecule has 6 heteroatoms. The van der Waals surface area contributed by atoms with Crippen LogP contribution in [0, 0.1) is 0 Å². The summed E-state index contributed by atoms with van der Waals surface area (Å²) in [6, 6.07) is 4.60. The summed E-state index contributed by atoms with van der Waals surface area (Å²) in [5.41, 5.74) is 0.651. The van der Waals surface area contributed by atoms with Crippen molar-refractivity contribution in [1.82, 2.24) is 0 Å². The number of hydrogen-bond acceptors (Lipinski definition) is 3. The van der Waals surface area contributed by atoms with Crippen LogP contribution < -0.4 is 4.90 Å². The van der Waals surface area contributed by atoms with Gasteiger partial charge in [0.25, 0.3) is 0 Å². The van der Waals surface area contributed by atoms with E-state index in [9.17, 15) is 9.59 Å². The van der Waals surface area contributed by atoms with Crippen LogP contribution in [0.3, 0.4) is 0 Å². The molecule has 16 heavy (non-hydrogen) atoms. The summed E-state index contributed by atoms with van der Waals surface area (Å²) < 4.78 is 5.40. The molecule has 1 aromatic rings. The van der Waals surface area contributed by atoms with E-state index in [4.69, 9.17) is 9.84 Å². The van der Waals surface area contributed by atoms with Crippen molar-refractivity contribution in [1.29, 1.82) is 0 Å². The first kappa shape index (κ1) is 10.9. The Balaban J connectivity index is 2.40. The SMILES string of the molecule is O=C(O)c1cc(Br)cc(N2CCOC2=O)c1. The molecule has 84 valence electrons. The van der Waals surface area contributed by atoms with Crippen LogP contribution in [0.1, 0.15) is 10.4 Å². The number of amides is 1. The van der Waals surface area contributed by atoms with E-state index in [1.807, 2.05) is 0 Å². The number of benzene rings is 1. The van der Waals surface area contributed by atoms with Crippen molar-refractivity contribution in [3.05, 3.63) is 28.2 Å². The molecule has 1 aliphatic rings. The van der Waals surface area contributed by atoms with Crippen LogP contribution in [-0.2, 0) is 4.74 Å². The van der Waals surface area contributed by atoms with Crippen LogP contribution >= 0.6 is 15.9 Å². The zero-order valence-electron chi connectivity index (χ0n) is 8.14. The average molecular weight is 286 g/mol. The van der Waals surface area contributed by atoms with Gasteiger partial charge in [0.2, 0.25) is 0 Å². The van der Waals surface area contributed by atoms with E-state index in [1.54, 1.807) is 6.07 Å². The number of ether oxygens (including phenoxy) is 1. The van der Waals surface area contributed by atoms with Gasteiger partial charge in [-0.15, -0.1) is 0 Å². The van der Waals surface area contributed by atoms with Crippen LogP contribution in [-0.4, -0.2) is 30.3 Å². The number of hydrogen-bond donors (Lipinski definition) is 1. The van der Waals surface area contributed by atoms with Gasteiger partial charge in [-0.2, -0.15) is 0 Å². The molecular formula is C10H8BrNO4. The molecule has 0 aromatic heterocycles. The Bertz CT molecular complexity index is 460. The van der Waals surface area contributed by atoms with E-state index in [1.165, 1.54) is 17.0 Å². The molecular weight excluding hydrogens is 278 g/mol. The summed E-state index contributed by atoms with van der Waals surface area (Å²) in [5, 5.41) is 8.89. The molecule has 0 spiro atoms. The maximum Gasteiger partial charge on any atom is 0.414 e.